The highest BCUT2D eigenvalue weighted by Crippen LogP contribution is 1.96. The lowest BCUT2D eigenvalue weighted by atomic mass is 10.5. The van der Waals surface area contributed by atoms with Gasteiger partial charge in [0.1, 0.15) is 0 Å². The van der Waals surface area contributed by atoms with Gasteiger partial charge in [0, 0.05) is 25.5 Å². The molecule has 0 bridgehead atoms. The van der Waals surface area contributed by atoms with Gasteiger partial charge in [-0.25, -0.2) is 0 Å². The van der Waals surface area contributed by atoms with E-state index in [2.05, 4.69) is 27.3 Å². The third kappa shape index (κ3) is 7.55. The normalized spacial score (nSPS) is 8.23. The SMILES string of the molecule is CCC(=O)OS.Clc1cccnn1. The molecule has 0 unspecified atom stereocenters. The number of hydrogen-bond donors (Lipinski definition) is 1. The molecule has 0 aromatic carbocycles. The van der Waals surface area contributed by atoms with Crippen LogP contribution in [0.15, 0.2) is 18.3 Å². The molecular weight excluding hydrogens is 212 g/mol. The molecule has 0 aliphatic carbocycles. The Bertz CT molecular complexity index is 240. The van der Waals surface area contributed by atoms with E-state index in [1.165, 1.54) is 0 Å². The third-order valence-corrected chi connectivity index (χ3v) is 1.34. The molecule has 0 saturated heterocycles. The van der Waals surface area contributed by atoms with Crippen LogP contribution in [-0.4, -0.2) is 16.2 Å². The predicted octanol–water partition coefficient (Wildman–Crippen LogP) is 1.91. The first-order valence-corrected chi connectivity index (χ1v) is 4.22. The largest absolute Gasteiger partial charge is 0.395 e. The van der Waals surface area contributed by atoms with Crippen LogP contribution < -0.4 is 0 Å². The zero-order valence-corrected chi connectivity index (χ0v) is 8.63. The van der Waals surface area contributed by atoms with Gasteiger partial charge in [0.2, 0.25) is 0 Å². The van der Waals surface area contributed by atoms with Gasteiger partial charge in [0.05, 0.1) is 0 Å². The van der Waals surface area contributed by atoms with Crippen LogP contribution in [0.1, 0.15) is 13.3 Å². The van der Waals surface area contributed by atoms with Crippen molar-refractivity contribution < 1.29 is 8.98 Å². The average molecular weight is 221 g/mol. The van der Waals surface area contributed by atoms with Crippen molar-refractivity contribution >= 4 is 30.5 Å². The van der Waals surface area contributed by atoms with E-state index >= 15 is 0 Å². The summed E-state index contributed by atoms with van der Waals surface area (Å²) < 4.78 is 3.95. The fourth-order valence-corrected chi connectivity index (χ4v) is 0.593. The number of halogens is 1. The first kappa shape index (κ1) is 12.2. The maximum absolute atomic E-state index is 9.88. The number of hydrogen-bond acceptors (Lipinski definition) is 5. The van der Waals surface area contributed by atoms with Crippen molar-refractivity contribution in [2.45, 2.75) is 13.3 Å². The maximum Gasteiger partial charge on any atom is 0.317 e. The lowest BCUT2D eigenvalue weighted by Crippen LogP contribution is -1.90. The topological polar surface area (TPSA) is 52.1 Å². The molecule has 1 aromatic rings. The summed E-state index contributed by atoms with van der Waals surface area (Å²) in [4.78, 5) is 9.88. The Morgan fingerprint density at radius 1 is 1.77 bits per heavy atom. The molecule has 0 aliphatic heterocycles. The summed E-state index contributed by atoms with van der Waals surface area (Å²) >= 11 is 8.61. The fourth-order valence-electron chi connectivity index (χ4n) is 0.347. The van der Waals surface area contributed by atoms with Crippen molar-refractivity contribution in [3.05, 3.63) is 23.5 Å². The van der Waals surface area contributed by atoms with Gasteiger partial charge in [0.15, 0.2) is 5.15 Å². The Balaban J connectivity index is 0.000000226. The lowest BCUT2D eigenvalue weighted by Gasteiger charge is -1.84. The molecule has 0 N–H and O–H groups in total. The minimum absolute atomic E-state index is 0.293. The highest BCUT2D eigenvalue weighted by molar-refractivity contribution is 7.75. The molecule has 0 atom stereocenters. The van der Waals surface area contributed by atoms with Crippen LogP contribution in [0.25, 0.3) is 0 Å². The molecule has 1 heterocycles. The Morgan fingerprint density at radius 3 is 2.62 bits per heavy atom. The van der Waals surface area contributed by atoms with Crippen LogP contribution >= 0.6 is 24.5 Å². The van der Waals surface area contributed by atoms with Gasteiger partial charge in [-0.05, 0) is 12.1 Å². The number of thiol groups is 1. The zero-order chi connectivity index (χ0) is 10.1. The molecule has 1 aromatic heterocycles. The molecule has 1 rings (SSSR count). The Labute approximate surface area is 86.9 Å². The number of nitrogens with zero attached hydrogens (tertiary/aromatic N) is 2. The summed E-state index contributed by atoms with van der Waals surface area (Å²) in [6.07, 6.45) is 1.97. The molecule has 6 heteroatoms. The average Bonchev–Trinajstić information content (AvgIpc) is 2.19. The minimum Gasteiger partial charge on any atom is -0.395 e. The van der Waals surface area contributed by atoms with Crippen LogP contribution in [0.5, 0.6) is 0 Å². The number of carbonyl (C=O) groups excluding carboxylic acids is 1. The van der Waals surface area contributed by atoms with Crippen LogP contribution in [0.2, 0.25) is 5.15 Å². The summed E-state index contributed by atoms with van der Waals surface area (Å²) in [5, 5.41) is 7.43. The molecule has 4 nitrogen and oxygen atoms in total. The van der Waals surface area contributed by atoms with Crippen molar-refractivity contribution in [2.24, 2.45) is 0 Å². The second-order valence-electron chi connectivity index (χ2n) is 1.86. The van der Waals surface area contributed by atoms with Crippen molar-refractivity contribution in [1.29, 1.82) is 0 Å². The Kier molecular flexibility index (Phi) is 7.33. The minimum atomic E-state index is -0.293. The van der Waals surface area contributed by atoms with Gasteiger partial charge in [-0.3, -0.25) is 4.79 Å². The van der Waals surface area contributed by atoms with Gasteiger partial charge >= 0.3 is 5.97 Å². The molecule has 0 fully saturated rings. The second-order valence-corrected chi connectivity index (χ2v) is 2.43. The second kappa shape index (κ2) is 7.82. The van der Waals surface area contributed by atoms with E-state index in [1.807, 2.05) is 0 Å². The Morgan fingerprint density at radius 2 is 2.46 bits per heavy atom. The van der Waals surface area contributed by atoms with Crippen LogP contribution in [0, 0.1) is 0 Å². The van der Waals surface area contributed by atoms with E-state index in [0.717, 1.165) is 0 Å². The van der Waals surface area contributed by atoms with E-state index in [4.69, 9.17) is 11.6 Å². The van der Waals surface area contributed by atoms with Gasteiger partial charge in [-0.15, -0.1) is 5.10 Å². The van der Waals surface area contributed by atoms with E-state index in [0.29, 0.717) is 11.6 Å². The van der Waals surface area contributed by atoms with E-state index < -0.39 is 0 Å². The summed E-state index contributed by atoms with van der Waals surface area (Å²) in [6, 6.07) is 3.41. The molecule has 0 radical (unpaired) electrons. The van der Waals surface area contributed by atoms with Crippen LogP contribution in [0.4, 0.5) is 0 Å². The number of rotatable bonds is 1. The van der Waals surface area contributed by atoms with E-state index in [1.54, 1.807) is 25.3 Å². The molecule has 0 spiro atoms. The number of carbonyl (C=O) groups is 1. The molecule has 0 saturated carbocycles. The standard InChI is InChI=1S/C4H3ClN2.C3H6O2S/c5-4-2-1-3-6-7-4;1-2-3(4)5-6/h1-3H;6H,2H2,1H3. The molecule has 72 valence electrons. The summed E-state index contributed by atoms with van der Waals surface area (Å²) in [5.74, 6) is -0.293. The summed E-state index contributed by atoms with van der Waals surface area (Å²) in [7, 11) is 0. The number of aromatic nitrogens is 2. The molecule has 13 heavy (non-hydrogen) atoms. The van der Waals surface area contributed by atoms with Crippen molar-refractivity contribution in [2.75, 3.05) is 0 Å². The first-order chi connectivity index (χ1) is 6.20. The fraction of sp³-hybridized carbons (Fsp3) is 0.286. The lowest BCUT2D eigenvalue weighted by molar-refractivity contribution is -0.132. The molecule has 0 aliphatic rings. The van der Waals surface area contributed by atoms with Gasteiger partial charge in [-0.1, -0.05) is 18.5 Å². The first-order valence-electron chi connectivity index (χ1n) is 3.48. The van der Waals surface area contributed by atoms with Crippen molar-refractivity contribution in [1.82, 2.24) is 10.2 Å². The smallest absolute Gasteiger partial charge is 0.317 e. The highest BCUT2D eigenvalue weighted by Gasteiger charge is 1.89. The zero-order valence-electron chi connectivity index (χ0n) is 6.98. The van der Waals surface area contributed by atoms with Gasteiger partial charge in [0.25, 0.3) is 0 Å². The van der Waals surface area contributed by atoms with E-state index in [-0.39, 0.29) is 5.97 Å². The maximum atomic E-state index is 9.88. The monoisotopic (exact) mass is 220 g/mol. The molecule has 0 amide bonds. The summed E-state index contributed by atoms with van der Waals surface area (Å²) in [6.45, 7) is 1.71. The van der Waals surface area contributed by atoms with Crippen LogP contribution in [0.3, 0.4) is 0 Å². The predicted molar refractivity (Wildman–Crippen MR) is 52.4 cm³/mol. The van der Waals surface area contributed by atoms with Crippen molar-refractivity contribution in [3.8, 4) is 0 Å². The van der Waals surface area contributed by atoms with Gasteiger partial charge in [-0.2, -0.15) is 5.10 Å². The molecular formula is C7H9ClN2O2S. The third-order valence-electron chi connectivity index (χ3n) is 0.930. The van der Waals surface area contributed by atoms with Crippen LogP contribution in [-0.2, 0) is 8.98 Å². The van der Waals surface area contributed by atoms with Gasteiger partial charge < -0.3 is 4.18 Å². The van der Waals surface area contributed by atoms with Crippen molar-refractivity contribution in [3.63, 3.8) is 0 Å². The Hall–Kier alpha value is -0.810. The quantitative estimate of drug-likeness (QED) is 0.580. The van der Waals surface area contributed by atoms with E-state index in [9.17, 15) is 4.79 Å². The summed E-state index contributed by atoms with van der Waals surface area (Å²) in [5.41, 5.74) is 0. The highest BCUT2D eigenvalue weighted by atomic mass is 35.5.